The Bertz CT molecular complexity index is 558. The first kappa shape index (κ1) is 11.0. The van der Waals surface area contributed by atoms with E-state index in [0.717, 1.165) is 15.8 Å². The fourth-order valence-electron chi connectivity index (χ4n) is 1.64. The molecule has 0 aliphatic heterocycles. The van der Waals surface area contributed by atoms with Crippen molar-refractivity contribution in [1.29, 1.82) is 0 Å². The summed E-state index contributed by atoms with van der Waals surface area (Å²) >= 11 is 1.25. The van der Waals surface area contributed by atoms with Gasteiger partial charge in [-0.1, -0.05) is 48.7 Å². The number of hydrogen-bond acceptors (Lipinski definition) is 2. The molecule has 0 radical (unpaired) electrons. The first-order valence-electron chi connectivity index (χ1n) is 5.04. The molecule has 0 bridgehead atoms. The number of benzene rings is 2. The lowest BCUT2D eigenvalue weighted by atomic mass is 10.1. The van der Waals surface area contributed by atoms with E-state index in [4.69, 9.17) is 0 Å². The van der Waals surface area contributed by atoms with Crippen LogP contribution in [-0.4, -0.2) is 5.12 Å². The van der Waals surface area contributed by atoms with Crippen molar-refractivity contribution in [3.8, 4) is 0 Å². The molecule has 1 nitrogen and oxygen atoms in total. The highest BCUT2D eigenvalue weighted by Crippen LogP contribution is 2.29. The van der Waals surface area contributed by atoms with Gasteiger partial charge < -0.3 is 0 Å². The molecule has 2 aromatic carbocycles. The standard InChI is InChI=1S/C14H12OS/c1-3-11-8-12-6-4-5-7-13(12)9-14(11)16-10(2)15/h3-9H,1H2,2H3. The fraction of sp³-hybridized carbons (Fsp3) is 0.0714. The molecular formula is C14H12OS. The minimum Gasteiger partial charge on any atom is -0.287 e. The van der Waals surface area contributed by atoms with Crippen LogP contribution in [0.1, 0.15) is 12.5 Å². The molecule has 0 aromatic heterocycles. The largest absolute Gasteiger partial charge is 0.287 e. The molecule has 2 heteroatoms. The molecule has 0 fully saturated rings. The van der Waals surface area contributed by atoms with Gasteiger partial charge in [-0.25, -0.2) is 0 Å². The van der Waals surface area contributed by atoms with Crippen LogP contribution in [0.3, 0.4) is 0 Å². The third kappa shape index (κ3) is 2.17. The lowest BCUT2D eigenvalue weighted by molar-refractivity contribution is -0.109. The SMILES string of the molecule is C=Cc1cc2ccccc2cc1SC(C)=O. The summed E-state index contributed by atoms with van der Waals surface area (Å²) < 4.78 is 0. The van der Waals surface area contributed by atoms with Gasteiger partial charge >= 0.3 is 0 Å². The summed E-state index contributed by atoms with van der Waals surface area (Å²) in [6.07, 6.45) is 1.79. The molecule has 0 aliphatic carbocycles. The van der Waals surface area contributed by atoms with Crippen molar-refractivity contribution in [1.82, 2.24) is 0 Å². The molecule has 0 unspecified atom stereocenters. The minimum absolute atomic E-state index is 0.0957. The second-order valence-corrected chi connectivity index (χ2v) is 4.75. The molecular weight excluding hydrogens is 216 g/mol. The van der Waals surface area contributed by atoms with Gasteiger partial charge in [-0.2, -0.15) is 0 Å². The number of hydrogen-bond donors (Lipinski definition) is 0. The lowest BCUT2D eigenvalue weighted by Crippen LogP contribution is -1.86. The first-order valence-corrected chi connectivity index (χ1v) is 5.86. The van der Waals surface area contributed by atoms with E-state index < -0.39 is 0 Å². The van der Waals surface area contributed by atoms with Crippen LogP contribution in [0.4, 0.5) is 0 Å². The lowest BCUT2D eigenvalue weighted by Gasteiger charge is -2.06. The van der Waals surface area contributed by atoms with E-state index in [1.165, 1.54) is 17.1 Å². The molecule has 0 aliphatic rings. The summed E-state index contributed by atoms with van der Waals surface area (Å²) in [7, 11) is 0. The second-order valence-electron chi connectivity index (χ2n) is 3.53. The van der Waals surface area contributed by atoms with Crippen LogP contribution in [0.15, 0.2) is 47.9 Å². The van der Waals surface area contributed by atoms with Crippen molar-refractivity contribution >= 4 is 33.7 Å². The Balaban J connectivity index is 2.62. The number of fused-ring (bicyclic) bond motifs is 1. The average molecular weight is 228 g/mol. The highest BCUT2D eigenvalue weighted by atomic mass is 32.2. The zero-order valence-corrected chi connectivity index (χ0v) is 9.88. The Morgan fingerprint density at radius 3 is 2.44 bits per heavy atom. The number of rotatable bonds is 2. The van der Waals surface area contributed by atoms with E-state index in [9.17, 15) is 4.79 Å². The van der Waals surface area contributed by atoms with Crippen LogP contribution in [0.25, 0.3) is 16.8 Å². The molecule has 2 rings (SSSR count). The molecule has 0 amide bonds. The number of thioether (sulfide) groups is 1. The Kier molecular flexibility index (Phi) is 3.11. The normalized spacial score (nSPS) is 10.3. The number of carbonyl (C=O) groups excluding carboxylic acids is 1. The Labute approximate surface area is 99.2 Å². The van der Waals surface area contributed by atoms with E-state index in [1.54, 1.807) is 13.0 Å². The summed E-state index contributed by atoms with van der Waals surface area (Å²) in [6, 6.07) is 12.2. The van der Waals surface area contributed by atoms with Crippen LogP contribution in [-0.2, 0) is 4.79 Å². The van der Waals surface area contributed by atoms with Gasteiger partial charge in [0.25, 0.3) is 0 Å². The fourth-order valence-corrected chi connectivity index (χ4v) is 2.40. The maximum absolute atomic E-state index is 11.1. The minimum atomic E-state index is 0.0957. The topological polar surface area (TPSA) is 17.1 Å². The van der Waals surface area contributed by atoms with Gasteiger partial charge in [0.1, 0.15) is 0 Å². The smallest absolute Gasteiger partial charge is 0.190 e. The quantitative estimate of drug-likeness (QED) is 0.719. The Morgan fingerprint density at radius 1 is 1.25 bits per heavy atom. The van der Waals surface area contributed by atoms with Gasteiger partial charge in [0.05, 0.1) is 0 Å². The third-order valence-electron chi connectivity index (χ3n) is 2.35. The molecule has 16 heavy (non-hydrogen) atoms. The Hall–Kier alpha value is -1.54. The van der Waals surface area contributed by atoms with Gasteiger partial charge in [-0.3, -0.25) is 4.79 Å². The number of carbonyl (C=O) groups is 1. The van der Waals surface area contributed by atoms with Crippen LogP contribution in [0.5, 0.6) is 0 Å². The third-order valence-corrected chi connectivity index (χ3v) is 3.21. The Morgan fingerprint density at radius 2 is 1.88 bits per heavy atom. The average Bonchev–Trinajstić information content (AvgIpc) is 2.27. The van der Waals surface area contributed by atoms with Crippen LogP contribution in [0, 0.1) is 0 Å². The van der Waals surface area contributed by atoms with Crippen molar-refractivity contribution in [2.45, 2.75) is 11.8 Å². The van der Waals surface area contributed by atoms with Crippen LogP contribution < -0.4 is 0 Å². The van der Waals surface area contributed by atoms with Crippen molar-refractivity contribution in [3.63, 3.8) is 0 Å². The maximum atomic E-state index is 11.1. The van der Waals surface area contributed by atoms with Crippen molar-refractivity contribution in [3.05, 3.63) is 48.5 Å². The van der Waals surface area contributed by atoms with Gasteiger partial charge in [-0.15, -0.1) is 0 Å². The van der Waals surface area contributed by atoms with Gasteiger partial charge in [-0.05, 0) is 28.5 Å². The molecule has 0 heterocycles. The summed E-state index contributed by atoms with van der Waals surface area (Å²) in [5, 5.41) is 2.42. The second kappa shape index (κ2) is 4.54. The van der Waals surface area contributed by atoms with Crippen molar-refractivity contribution in [2.24, 2.45) is 0 Å². The van der Waals surface area contributed by atoms with Gasteiger partial charge in [0, 0.05) is 11.8 Å². The molecule has 80 valence electrons. The predicted molar refractivity (Wildman–Crippen MR) is 70.6 cm³/mol. The molecule has 0 saturated heterocycles. The van der Waals surface area contributed by atoms with E-state index in [2.05, 4.69) is 18.7 Å². The molecule has 0 spiro atoms. The predicted octanol–water partition coefficient (Wildman–Crippen LogP) is 4.12. The summed E-state index contributed by atoms with van der Waals surface area (Å²) in [6.45, 7) is 5.36. The summed E-state index contributed by atoms with van der Waals surface area (Å²) in [4.78, 5) is 12.1. The highest BCUT2D eigenvalue weighted by molar-refractivity contribution is 8.13. The summed E-state index contributed by atoms with van der Waals surface area (Å²) in [5.74, 6) is 0. The maximum Gasteiger partial charge on any atom is 0.190 e. The van der Waals surface area contributed by atoms with E-state index in [0.29, 0.717) is 0 Å². The molecule has 0 atom stereocenters. The highest BCUT2D eigenvalue weighted by Gasteiger charge is 2.05. The summed E-state index contributed by atoms with van der Waals surface area (Å²) in [5.41, 5.74) is 1.01. The first-order chi connectivity index (χ1) is 7.70. The van der Waals surface area contributed by atoms with Gasteiger partial charge in [0.2, 0.25) is 0 Å². The van der Waals surface area contributed by atoms with E-state index >= 15 is 0 Å². The molecule has 2 aromatic rings. The molecule has 0 saturated carbocycles. The monoisotopic (exact) mass is 228 g/mol. The van der Waals surface area contributed by atoms with Crippen molar-refractivity contribution in [2.75, 3.05) is 0 Å². The zero-order valence-electron chi connectivity index (χ0n) is 9.07. The van der Waals surface area contributed by atoms with Gasteiger partial charge in [0.15, 0.2) is 5.12 Å². The van der Waals surface area contributed by atoms with Crippen LogP contribution >= 0.6 is 11.8 Å². The van der Waals surface area contributed by atoms with Crippen LogP contribution in [0.2, 0.25) is 0 Å². The van der Waals surface area contributed by atoms with E-state index in [1.807, 2.05) is 24.3 Å². The van der Waals surface area contributed by atoms with E-state index in [-0.39, 0.29) is 5.12 Å². The van der Waals surface area contributed by atoms with Crippen molar-refractivity contribution < 1.29 is 4.79 Å². The molecule has 0 N–H and O–H groups in total. The zero-order chi connectivity index (χ0) is 11.5.